The van der Waals surface area contributed by atoms with E-state index in [4.69, 9.17) is 0 Å². The largest absolute Gasteiger partial charge is 0.343 e. The van der Waals surface area contributed by atoms with Gasteiger partial charge in [0.05, 0.1) is 19.1 Å². The second-order valence-corrected chi connectivity index (χ2v) is 9.55. The summed E-state index contributed by atoms with van der Waals surface area (Å²) in [6, 6.07) is 12.3. The lowest BCUT2D eigenvalue weighted by Crippen LogP contribution is -2.52. The molecule has 2 amide bonds. The molecule has 1 aromatic heterocycles. The van der Waals surface area contributed by atoms with Gasteiger partial charge in [-0.25, -0.2) is 0 Å². The number of nitrogens with zero attached hydrogens (tertiary/aromatic N) is 3. The highest BCUT2D eigenvalue weighted by Gasteiger charge is 2.25. The molecule has 2 aliphatic rings. The van der Waals surface area contributed by atoms with Crippen molar-refractivity contribution in [3.05, 3.63) is 57.8 Å². The Balaban J connectivity index is 1.28. The van der Waals surface area contributed by atoms with Crippen LogP contribution in [0.4, 0.5) is 0 Å². The van der Waals surface area contributed by atoms with E-state index in [1.165, 1.54) is 5.56 Å². The van der Waals surface area contributed by atoms with Gasteiger partial charge in [0.2, 0.25) is 11.8 Å². The lowest BCUT2D eigenvalue weighted by molar-refractivity contribution is -0.132. The molecule has 2 fully saturated rings. The summed E-state index contributed by atoms with van der Waals surface area (Å²) in [4.78, 5) is 32.8. The molecule has 4 rings (SSSR count). The second-order valence-electron chi connectivity index (χ2n) is 8.57. The Morgan fingerprint density at radius 2 is 1.58 bits per heavy atom. The molecule has 0 radical (unpaired) electrons. The standard InChI is InChI=1S/C24H32N4O2S/c1-19-6-8-20(9-7-19)24(21-5-4-16-31-21)25-22(29)17-26-12-14-27(15-13-26)18-23(30)28-10-2-3-11-28/h4-9,16,24H,2-3,10-15,17-18H2,1H3,(H,25,29). The summed E-state index contributed by atoms with van der Waals surface area (Å²) in [5, 5.41) is 5.29. The summed E-state index contributed by atoms with van der Waals surface area (Å²) in [6.45, 7) is 8.08. The van der Waals surface area contributed by atoms with Crippen molar-refractivity contribution >= 4 is 23.2 Å². The number of nitrogens with one attached hydrogen (secondary N) is 1. The first kappa shape index (κ1) is 22.0. The fourth-order valence-electron chi connectivity index (χ4n) is 4.31. The zero-order valence-corrected chi connectivity index (χ0v) is 19.1. The SMILES string of the molecule is Cc1ccc(C(NC(=O)CN2CCN(CC(=O)N3CCCC3)CC2)c2cccs2)cc1. The van der Waals surface area contributed by atoms with Crippen molar-refractivity contribution in [1.29, 1.82) is 0 Å². The molecule has 1 atom stereocenters. The molecule has 1 aromatic carbocycles. The van der Waals surface area contributed by atoms with E-state index in [-0.39, 0.29) is 17.9 Å². The van der Waals surface area contributed by atoms with Crippen LogP contribution in [0.2, 0.25) is 0 Å². The Hall–Kier alpha value is -2.22. The van der Waals surface area contributed by atoms with Crippen LogP contribution >= 0.6 is 11.3 Å². The van der Waals surface area contributed by atoms with Crippen molar-refractivity contribution in [2.45, 2.75) is 25.8 Å². The molecule has 0 spiro atoms. The number of thiophene rings is 1. The van der Waals surface area contributed by atoms with Crippen molar-refractivity contribution in [2.75, 3.05) is 52.4 Å². The quantitative estimate of drug-likeness (QED) is 0.719. The predicted octanol–water partition coefficient (Wildman–Crippen LogP) is 2.50. The first-order valence-corrected chi connectivity index (χ1v) is 12.1. The summed E-state index contributed by atoms with van der Waals surface area (Å²) in [5.74, 6) is 0.293. The fourth-order valence-corrected chi connectivity index (χ4v) is 5.11. The Labute approximate surface area is 188 Å². The average molecular weight is 441 g/mol. The fraction of sp³-hybridized carbons (Fsp3) is 0.500. The van der Waals surface area contributed by atoms with E-state index in [2.05, 4.69) is 52.4 Å². The van der Waals surface area contributed by atoms with Crippen LogP contribution in [0.3, 0.4) is 0 Å². The van der Waals surface area contributed by atoms with Crippen molar-refractivity contribution in [3.8, 4) is 0 Å². The molecule has 166 valence electrons. The third-order valence-electron chi connectivity index (χ3n) is 6.19. The molecule has 1 N–H and O–H groups in total. The molecule has 0 aliphatic carbocycles. The molecule has 7 heteroatoms. The number of aryl methyl sites for hydroxylation is 1. The van der Waals surface area contributed by atoms with Crippen molar-refractivity contribution in [1.82, 2.24) is 20.0 Å². The van der Waals surface area contributed by atoms with Crippen LogP contribution in [0.5, 0.6) is 0 Å². The highest BCUT2D eigenvalue weighted by molar-refractivity contribution is 7.10. The number of rotatable bonds is 7. The van der Waals surface area contributed by atoms with E-state index in [1.807, 2.05) is 16.3 Å². The number of hydrogen-bond acceptors (Lipinski definition) is 5. The van der Waals surface area contributed by atoms with Crippen LogP contribution in [0, 0.1) is 6.92 Å². The highest BCUT2D eigenvalue weighted by Crippen LogP contribution is 2.26. The number of amides is 2. The van der Waals surface area contributed by atoms with Gasteiger partial charge in [-0.3, -0.25) is 19.4 Å². The molecule has 0 saturated carbocycles. The van der Waals surface area contributed by atoms with E-state index in [1.54, 1.807) is 11.3 Å². The molecular formula is C24H32N4O2S. The number of piperazine rings is 1. The van der Waals surface area contributed by atoms with Crippen LogP contribution in [-0.2, 0) is 9.59 Å². The summed E-state index contributed by atoms with van der Waals surface area (Å²) < 4.78 is 0. The molecule has 6 nitrogen and oxygen atoms in total. The Morgan fingerprint density at radius 1 is 0.935 bits per heavy atom. The monoisotopic (exact) mass is 440 g/mol. The topological polar surface area (TPSA) is 55.9 Å². The van der Waals surface area contributed by atoms with Gasteiger partial charge < -0.3 is 10.2 Å². The maximum Gasteiger partial charge on any atom is 0.236 e. The average Bonchev–Trinajstić information content (AvgIpc) is 3.49. The normalized spacial score (nSPS) is 18.8. The van der Waals surface area contributed by atoms with Crippen LogP contribution in [0.25, 0.3) is 0 Å². The molecular weight excluding hydrogens is 408 g/mol. The summed E-state index contributed by atoms with van der Waals surface area (Å²) in [5.41, 5.74) is 2.31. The predicted molar refractivity (Wildman–Crippen MR) is 124 cm³/mol. The minimum absolute atomic E-state index is 0.0422. The van der Waals surface area contributed by atoms with Gasteiger partial charge >= 0.3 is 0 Å². The van der Waals surface area contributed by atoms with Crippen molar-refractivity contribution < 1.29 is 9.59 Å². The zero-order valence-electron chi connectivity index (χ0n) is 18.3. The lowest BCUT2D eigenvalue weighted by atomic mass is 10.0. The maximum atomic E-state index is 12.9. The number of benzene rings is 1. The second kappa shape index (κ2) is 10.4. The van der Waals surface area contributed by atoms with E-state index in [0.29, 0.717) is 13.1 Å². The molecule has 0 bridgehead atoms. The Kier molecular flexibility index (Phi) is 7.37. The molecule has 2 aromatic rings. The van der Waals surface area contributed by atoms with E-state index in [0.717, 1.165) is 62.6 Å². The molecule has 31 heavy (non-hydrogen) atoms. The molecule has 1 unspecified atom stereocenters. The van der Waals surface area contributed by atoms with Gasteiger partial charge in [-0.1, -0.05) is 35.9 Å². The van der Waals surface area contributed by atoms with Gasteiger partial charge in [-0.15, -0.1) is 11.3 Å². The number of carbonyl (C=O) groups excluding carboxylic acids is 2. The van der Waals surface area contributed by atoms with E-state index in [9.17, 15) is 9.59 Å². The Bertz CT molecular complexity index is 854. The third kappa shape index (κ3) is 5.93. The van der Waals surface area contributed by atoms with Crippen LogP contribution < -0.4 is 5.32 Å². The van der Waals surface area contributed by atoms with Gasteiger partial charge in [0, 0.05) is 44.1 Å². The smallest absolute Gasteiger partial charge is 0.236 e. The highest BCUT2D eigenvalue weighted by atomic mass is 32.1. The number of hydrogen-bond donors (Lipinski definition) is 1. The number of carbonyl (C=O) groups is 2. The van der Waals surface area contributed by atoms with Crippen molar-refractivity contribution in [2.24, 2.45) is 0 Å². The van der Waals surface area contributed by atoms with Crippen LogP contribution in [0.15, 0.2) is 41.8 Å². The van der Waals surface area contributed by atoms with E-state index >= 15 is 0 Å². The third-order valence-corrected chi connectivity index (χ3v) is 7.13. The minimum atomic E-state index is -0.118. The molecule has 3 heterocycles. The zero-order chi connectivity index (χ0) is 21.6. The van der Waals surface area contributed by atoms with Crippen LogP contribution in [-0.4, -0.2) is 78.9 Å². The van der Waals surface area contributed by atoms with Gasteiger partial charge in [-0.2, -0.15) is 0 Å². The maximum absolute atomic E-state index is 12.9. The Morgan fingerprint density at radius 3 is 2.19 bits per heavy atom. The number of likely N-dealkylation sites (tertiary alicyclic amines) is 1. The first-order valence-electron chi connectivity index (χ1n) is 11.2. The summed E-state index contributed by atoms with van der Waals surface area (Å²) >= 11 is 1.66. The molecule has 2 saturated heterocycles. The van der Waals surface area contributed by atoms with Gasteiger partial charge in [0.25, 0.3) is 0 Å². The molecule has 2 aliphatic heterocycles. The first-order chi connectivity index (χ1) is 15.1. The van der Waals surface area contributed by atoms with E-state index < -0.39 is 0 Å². The van der Waals surface area contributed by atoms with Crippen molar-refractivity contribution in [3.63, 3.8) is 0 Å². The van der Waals surface area contributed by atoms with Gasteiger partial charge in [0.1, 0.15) is 0 Å². The lowest BCUT2D eigenvalue weighted by Gasteiger charge is -2.34. The van der Waals surface area contributed by atoms with Gasteiger partial charge in [-0.05, 0) is 36.8 Å². The summed E-state index contributed by atoms with van der Waals surface area (Å²) in [7, 11) is 0. The summed E-state index contributed by atoms with van der Waals surface area (Å²) in [6.07, 6.45) is 2.26. The minimum Gasteiger partial charge on any atom is -0.343 e. The van der Waals surface area contributed by atoms with Gasteiger partial charge in [0.15, 0.2) is 0 Å². The van der Waals surface area contributed by atoms with Crippen LogP contribution in [0.1, 0.15) is 34.9 Å².